The van der Waals surface area contributed by atoms with Gasteiger partial charge in [-0.3, -0.25) is 14.4 Å². The molecule has 1 fully saturated rings. The van der Waals surface area contributed by atoms with Gasteiger partial charge in [0.1, 0.15) is 0 Å². The van der Waals surface area contributed by atoms with E-state index in [4.69, 9.17) is 5.73 Å². The van der Waals surface area contributed by atoms with E-state index in [0.29, 0.717) is 12.1 Å². The van der Waals surface area contributed by atoms with Gasteiger partial charge in [-0.25, -0.2) is 0 Å². The lowest BCUT2D eigenvalue weighted by molar-refractivity contribution is -0.123. The van der Waals surface area contributed by atoms with Crippen LogP contribution >= 0.6 is 0 Å². The predicted octanol–water partition coefficient (Wildman–Crippen LogP) is 2.75. The zero-order valence-corrected chi connectivity index (χ0v) is 16.5. The highest BCUT2D eigenvalue weighted by Gasteiger charge is 2.46. The van der Waals surface area contributed by atoms with Crippen molar-refractivity contribution in [1.29, 1.82) is 0 Å². The van der Waals surface area contributed by atoms with Gasteiger partial charge in [0.2, 0.25) is 17.7 Å². The van der Waals surface area contributed by atoms with Gasteiger partial charge in [-0.2, -0.15) is 0 Å². The number of hydrogen-bond acceptors (Lipinski definition) is 3. The second-order valence-electron chi connectivity index (χ2n) is 8.05. The number of rotatable bonds is 4. The Morgan fingerprint density at radius 3 is 2.31 bits per heavy atom. The number of benzene rings is 2. The second kappa shape index (κ2) is 7.35. The van der Waals surface area contributed by atoms with Crippen molar-refractivity contribution in [2.24, 2.45) is 5.73 Å². The Kier molecular flexibility index (Phi) is 4.86. The molecule has 1 aliphatic heterocycles. The van der Waals surface area contributed by atoms with Gasteiger partial charge in [-0.1, -0.05) is 31.0 Å². The highest BCUT2D eigenvalue weighted by atomic mass is 16.2. The molecule has 29 heavy (non-hydrogen) atoms. The number of nitrogens with two attached hydrogens (primary N) is 1. The molecule has 1 spiro atoms. The fourth-order valence-electron chi connectivity index (χ4n) is 4.67. The molecule has 2 aliphatic rings. The molecule has 6 heteroatoms. The van der Waals surface area contributed by atoms with Gasteiger partial charge >= 0.3 is 0 Å². The zero-order chi connectivity index (χ0) is 20.6. The summed E-state index contributed by atoms with van der Waals surface area (Å²) in [5.74, 6) is -0.726. The van der Waals surface area contributed by atoms with Crippen LogP contribution in [0.3, 0.4) is 0 Å². The fraction of sp³-hybridized carbons (Fsp3) is 0.348. The molecule has 0 atom stereocenters. The molecule has 3 N–H and O–H groups in total. The molecule has 0 unspecified atom stereocenters. The average molecular weight is 391 g/mol. The quantitative estimate of drug-likeness (QED) is 0.839. The molecule has 4 rings (SSSR count). The third-order valence-electron chi connectivity index (χ3n) is 6.17. The maximum absolute atomic E-state index is 12.8. The van der Waals surface area contributed by atoms with Crippen LogP contribution in [0, 0.1) is 0 Å². The van der Waals surface area contributed by atoms with Gasteiger partial charge < -0.3 is 16.0 Å². The average Bonchev–Trinajstić information content (AvgIpc) is 3.32. The van der Waals surface area contributed by atoms with Gasteiger partial charge in [0, 0.05) is 30.1 Å². The summed E-state index contributed by atoms with van der Waals surface area (Å²) in [5.41, 5.74) is 10.0. The lowest BCUT2D eigenvalue weighted by atomic mass is 9.80. The Morgan fingerprint density at radius 2 is 1.69 bits per heavy atom. The molecule has 3 amide bonds. The van der Waals surface area contributed by atoms with Crippen molar-refractivity contribution in [2.75, 3.05) is 18.0 Å². The summed E-state index contributed by atoms with van der Waals surface area (Å²) in [5, 5.41) is 2.62. The van der Waals surface area contributed by atoms with Crippen molar-refractivity contribution in [3.63, 3.8) is 0 Å². The molecule has 2 aromatic rings. The number of amides is 3. The monoisotopic (exact) mass is 391 g/mol. The fourth-order valence-corrected chi connectivity index (χ4v) is 4.67. The van der Waals surface area contributed by atoms with Crippen LogP contribution in [0.2, 0.25) is 0 Å². The number of anilines is 1. The van der Waals surface area contributed by atoms with Gasteiger partial charge in [0.05, 0.1) is 6.54 Å². The number of carbonyl (C=O) groups excluding carboxylic acids is 3. The predicted molar refractivity (Wildman–Crippen MR) is 112 cm³/mol. The summed E-state index contributed by atoms with van der Waals surface area (Å²) < 4.78 is 0. The molecular formula is C23H25N3O3. The maximum Gasteiger partial charge on any atom is 0.248 e. The first-order valence-corrected chi connectivity index (χ1v) is 9.99. The molecule has 1 aliphatic carbocycles. The van der Waals surface area contributed by atoms with Crippen molar-refractivity contribution in [2.45, 2.75) is 38.0 Å². The van der Waals surface area contributed by atoms with Gasteiger partial charge in [-0.15, -0.1) is 0 Å². The third-order valence-corrected chi connectivity index (χ3v) is 6.17. The Hall–Kier alpha value is -3.15. The molecule has 150 valence electrons. The molecule has 0 bridgehead atoms. The normalized spacial score (nSPS) is 16.7. The summed E-state index contributed by atoms with van der Waals surface area (Å²) in [6.07, 6.45) is 4.44. The highest BCUT2D eigenvalue weighted by molar-refractivity contribution is 5.99. The molecular weight excluding hydrogens is 366 g/mol. The largest absolute Gasteiger partial charge is 0.366 e. The summed E-state index contributed by atoms with van der Waals surface area (Å²) in [7, 11) is 0. The van der Waals surface area contributed by atoms with E-state index in [1.165, 1.54) is 12.5 Å². The Bertz CT molecular complexity index is 975. The second-order valence-corrected chi connectivity index (χ2v) is 8.05. The Morgan fingerprint density at radius 1 is 1.03 bits per heavy atom. The van der Waals surface area contributed by atoms with Crippen LogP contribution in [0.5, 0.6) is 0 Å². The lowest BCUT2D eigenvalue weighted by Gasteiger charge is -2.25. The molecule has 6 nitrogen and oxygen atoms in total. The molecule has 0 saturated heterocycles. The number of nitrogens with one attached hydrogen (secondary N) is 1. The standard InChI is InChI=1S/C23H25N3O3/c1-15(27)25-13-21(28)26-14-23(10-2-3-11-23)19-12-18(8-9-20(19)26)16-4-6-17(7-5-16)22(24)29/h4-9,12H,2-3,10-11,13-14H2,1H3,(H2,24,29)(H,25,27). The number of nitrogens with zero attached hydrogens (tertiary/aromatic N) is 1. The minimum Gasteiger partial charge on any atom is -0.366 e. The van der Waals surface area contributed by atoms with Crippen molar-refractivity contribution in [1.82, 2.24) is 5.32 Å². The molecule has 0 aromatic heterocycles. The first-order chi connectivity index (χ1) is 13.9. The number of primary amides is 1. The summed E-state index contributed by atoms with van der Waals surface area (Å²) in [4.78, 5) is 37.1. The van der Waals surface area contributed by atoms with E-state index in [-0.39, 0.29) is 23.8 Å². The van der Waals surface area contributed by atoms with E-state index in [1.54, 1.807) is 12.1 Å². The SMILES string of the molecule is CC(=O)NCC(=O)N1CC2(CCCC2)c2cc(-c3ccc(C(N)=O)cc3)ccc21. The molecule has 1 saturated carbocycles. The van der Waals surface area contributed by atoms with E-state index in [2.05, 4.69) is 11.4 Å². The van der Waals surface area contributed by atoms with Crippen LogP contribution in [-0.4, -0.2) is 30.8 Å². The zero-order valence-electron chi connectivity index (χ0n) is 16.5. The number of fused-ring (bicyclic) bond motifs is 2. The third kappa shape index (κ3) is 3.50. The van der Waals surface area contributed by atoms with Crippen LogP contribution in [0.15, 0.2) is 42.5 Å². The minimum absolute atomic E-state index is 0.00953. The smallest absolute Gasteiger partial charge is 0.248 e. The van der Waals surface area contributed by atoms with Crippen LogP contribution in [0.4, 0.5) is 5.69 Å². The van der Waals surface area contributed by atoms with E-state index in [1.807, 2.05) is 29.2 Å². The van der Waals surface area contributed by atoms with Crippen molar-refractivity contribution >= 4 is 23.4 Å². The van der Waals surface area contributed by atoms with E-state index in [9.17, 15) is 14.4 Å². The first kappa shape index (κ1) is 19.2. The van der Waals surface area contributed by atoms with E-state index < -0.39 is 5.91 Å². The first-order valence-electron chi connectivity index (χ1n) is 9.99. The van der Waals surface area contributed by atoms with Gasteiger partial charge in [0.15, 0.2) is 0 Å². The molecule has 1 heterocycles. The Balaban J connectivity index is 1.69. The summed E-state index contributed by atoms with van der Waals surface area (Å²) >= 11 is 0. The van der Waals surface area contributed by atoms with Crippen LogP contribution in [0.1, 0.15) is 48.5 Å². The minimum atomic E-state index is -0.441. The Labute approximate surface area is 170 Å². The van der Waals surface area contributed by atoms with E-state index in [0.717, 1.165) is 42.5 Å². The van der Waals surface area contributed by atoms with Crippen molar-refractivity contribution in [3.8, 4) is 11.1 Å². The molecule has 2 aromatic carbocycles. The van der Waals surface area contributed by atoms with Crippen LogP contribution in [0.25, 0.3) is 11.1 Å². The number of hydrogen-bond donors (Lipinski definition) is 2. The van der Waals surface area contributed by atoms with Crippen molar-refractivity contribution < 1.29 is 14.4 Å². The van der Waals surface area contributed by atoms with Crippen LogP contribution < -0.4 is 16.0 Å². The molecule has 0 radical (unpaired) electrons. The highest BCUT2D eigenvalue weighted by Crippen LogP contribution is 2.51. The topological polar surface area (TPSA) is 92.5 Å². The summed E-state index contributed by atoms with van der Waals surface area (Å²) in [6, 6.07) is 13.5. The van der Waals surface area contributed by atoms with Gasteiger partial charge in [0.25, 0.3) is 0 Å². The van der Waals surface area contributed by atoms with Gasteiger partial charge in [-0.05, 0) is 53.8 Å². The lowest BCUT2D eigenvalue weighted by Crippen LogP contribution is -2.41. The number of carbonyl (C=O) groups is 3. The van der Waals surface area contributed by atoms with Crippen LogP contribution in [-0.2, 0) is 15.0 Å². The summed E-state index contributed by atoms with van der Waals surface area (Å²) in [6.45, 7) is 2.10. The van der Waals surface area contributed by atoms with E-state index >= 15 is 0 Å². The maximum atomic E-state index is 12.8. The van der Waals surface area contributed by atoms with Crippen molar-refractivity contribution in [3.05, 3.63) is 53.6 Å².